The standard InChI is InChI=1S/C26H25NO5/c1-18-7-4-5-8-21(18)17-32-23-13-11-19(15-24(23)30-2)12-14-25(28)27-22-10-6-9-20(16-22)26(29)31-3/h4-16H,17H2,1-3H3,(H,27,28). The van der Waals surface area contributed by atoms with E-state index in [9.17, 15) is 9.59 Å². The van der Waals surface area contributed by atoms with E-state index < -0.39 is 5.97 Å². The van der Waals surface area contributed by atoms with Crippen molar-refractivity contribution in [2.75, 3.05) is 19.5 Å². The molecule has 1 N–H and O–H groups in total. The van der Waals surface area contributed by atoms with Gasteiger partial charge in [0.2, 0.25) is 5.91 Å². The van der Waals surface area contributed by atoms with Gasteiger partial charge in [-0.05, 0) is 60.0 Å². The van der Waals surface area contributed by atoms with Crippen LogP contribution >= 0.6 is 0 Å². The highest BCUT2D eigenvalue weighted by molar-refractivity contribution is 6.02. The van der Waals surface area contributed by atoms with Gasteiger partial charge < -0.3 is 19.5 Å². The number of amides is 1. The highest BCUT2D eigenvalue weighted by Gasteiger charge is 2.08. The quantitative estimate of drug-likeness (QED) is 0.400. The molecule has 6 nitrogen and oxygen atoms in total. The van der Waals surface area contributed by atoms with Crippen LogP contribution in [-0.2, 0) is 16.1 Å². The van der Waals surface area contributed by atoms with Gasteiger partial charge in [0.25, 0.3) is 0 Å². The van der Waals surface area contributed by atoms with Crippen LogP contribution in [0.4, 0.5) is 5.69 Å². The number of esters is 1. The van der Waals surface area contributed by atoms with E-state index >= 15 is 0 Å². The Morgan fingerprint density at radius 2 is 1.75 bits per heavy atom. The number of anilines is 1. The maximum Gasteiger partial charge on any atom is 0.337 e. The number of benzene rings is 3. The van der Waals surface area contributed by atoms with Crippen LogP contribution in [0.3, 0.4) is 0 Å². The van der Waals surface area contributed by atoms with Crippen LogP contribution in [0.2, 0.25) is 0 Å². The third-order valence-electron chi connectivity index (χ3n) is 4.81. The Labute approximate surface area is 187 Å². The summed E-state index contributed by atoms with van der Waals surface area (Å²) in [6.45, 7) is 2.48. The van der Waals surface area contributed by atoms with Gasteiger partial charge in [-0.3, -0.25) is 4.79 Å². The molecule has 0 spiro atoms. The van der Waals surface area contributed by atoms with E-state index in [1.54, 1.807) is 43.5 Å². The number of carbonyl (C=O) groups is 2. The van der Waals surface area contributed by atoms with Gasteiger partial charge in [-0.15, -0.1) is 0 Å². The molecular formula is C26H25NO5. The lowest BCUT2D eigenvalue weighted by molar-refractivity contribution is -0.111. The number of ether oxygens (including phenoxy) is 3. The molecule has 1 amide bonds. The summed E-state index contributed by atoms with van der Waals surface area (Å²) in [7, 11) is 2.88. The van der Waals surface area contributed by atoms with Crippen molar-refractivity contribution in [3.63, 3.8) is 0 Å². The largest absolute Gasteiger partial charge is 0.493 e. The van der Waals surface area contributed by atoms with E-state index in [0.717, 1.165) is 16.7 Å². The minimum absolute atomic E-state index is 0.328. The Morgan fingerprint density at radius 1 is 0.938 bits per heavy atom. The molecule has 0 bridgehead atoms. The maximum atomic E-state index is 12.3. The second kappa shape index (κ2) is 10.8. The predicted octanol–water partition coefficient (Wildman–Crippen LogP) is 5.02. The highest BCUT2D eigenvalue weighted by Crippen LogP contribution is 2.29. The van der Waals surface area contributed by atoms with Gasteiger partial charge in [0.05, 0.1) is 19.8 Å². The SMILES string of the molecule is COC(=O)c1cccc(NC(=O)C=Cc2ccc(OCc3ccccc3C)c(OC)c2)c1. The summed E-state index contributed by atoms with van der Waals surface area (Å²) in [5.41, 5.74) is 3.91. The number of methoxy groups -OCH3 is 2. The average molecular weight is 431 g/mol. The number of carbonyl (C=O) groups excluding carboxylic acids is 2. The van der Waals surface area contributed by atoms with E-state index in [1.807, 2.05) is 43.3 Å². The van der Waals surface area contributed by atoms with E-state index in [1.165, 1.54) is 13.2 Å². The fraction of sp³-hybridized carbons (Fsp3) is 0.154. The van der Waals surface area contributed by atoms with E-state index in [-0.39, 0.29) is 5.91 Å². The van der Waals surface area contributed by atoms with Gasteiger partial charge in [-0.1, -0.05) is 36.4 Å². The molecule has 0 fully saturated rings. The number of nitrogens with one attached hydrogen (secondary N) is 1. The molecule has 0 aliphatic rings. The highest BCUT2D eigenvalue weighted by atomic mass is 16.5. The summed E-state index contributed by atoms with van der Waals surface area (Å²) >= 11 is 0. The van der Waals surface area contributed by atoms with Crippen molar-refractivity contribution in [1.29, 1.82) is 0 Å². The Kier molecular flexibility index (Phi) is 7.65. The van der Waals surface area contributed by atoms with E-state index in [4.69, 9.17) is 14.2 Å². The molecule has 0 aromatic heterocycles. The van der Waals surface area contributed by atoms with Gasteiger partial charge in [-0.2, -0.15) is 0 Å². The van der Waals surface area contributed by atoms with Crippen LogP contribution in [0.5, 0.6) is 11.5 Å². The Hall–Kier alpha value is -4.06. The molecule has 6 heteroatoms. The molecule has 164 valence electrons. The fourth-order valence-corrected chi connectivity index (χ4v) is 3.03. The van der Waals surface area contributed by atoms with Crippen molar-refractivity contribution in [3.8, 4) is 11.5 Å². The second-order valence-electron chi connectivity index (χ2n) is 7.02. The average Bonchev–Trinajstić information content (AvgIpc) is 2.82. The second-order valence-corrected chi connectivity index (χ2v) is 7.02. The zero-order valence-electron chi connectivity index (χ0n) is 18.3. The summed E-state index contributed by atoms with van der Waals surface area (Å²) in [4.78, 5) is 23.9. The Balaban J connectivity index is 1.65. The first-order valence-corrected chi connectivity index (χ1v) is 10.0. The maximum absolute atomic E-state index is 12.3. The summed E-state index contributed by atoms with van der Waals surface area (Å²) < 4.78 is 16.1. The van der Waals surface area contributed by atoms with Crippen molar-refractivity contribution < 1.29 is 23.8 Å². The van der Waals surface area contributed by atoms with Crippen LogP contribution in [0.1, 0.15) is 27.0 Å². The van der Waals surface area contributed by atoms with Crippen LogP contribution in [0.15, 0.2) is 72.8 Å². The first-order valence-electron chi connectivity index (χ1n) is 10.0. The normalized spacial score (nSPS) is 10.6. The summed E-state index contributed by atoms with van der Waals surface area (Å²) in [6, 6.07) is 20.0. The van der Waals surface area contributed by atoms with Crippen LogP contribution in [0, 0.1) is 6.92 Å². The van der Waals surface area contributed by atoms with Gasteiger partial charge in [0, 0.05) is 11.8 Å². The van der Waals surface area contributed by atoms with Crippen molar-refractivity contribution in [2.45, 2.75) is 13.5 Å². The minimum atomic E-state index is -0.464. The summed E-state index contributed by atoms with van der Waals surface area (Å²) in [5, 5.41) is 2.73. The van der Waals surface area contributed by atoms with Crippen molar-refractivity contribution >= 4 is 23.6 Å². The minimum Gasteiger partial charge on any atom is -0.493 e. The number of hydrogen-bond acceptors (Lipinski definition) is 5. The monoisotopic (exact) mass is 431 g/mol. The molecule has 0 radical (unpaired) electrons. The molecule has 0 aliphatic heterocycles. The molecule has 3 rings (SSSR count). The third kappa shape index (κ3) is 5.98. The molecule has 32 heavy (non-hydrogen) atoms. The molecule has 0 atom stereocenters. The molecule has 0 heterocycles. The Bertz CT molecular complexity index is 1140. The molecule has 0 saturated heterocycles. The number of hydrogen-bond donors (Lipinski definition) is 1. The molecule has 0 aliphatic carbocycles. The van der Waals surface area contributed by atoms with Crippen LogP contribution < -0.4 is 14.8 Å². The zero-order chi connectivity index (χ0) is 22.9. The topological polar surface area (TPSA) is 73.9 Å². The number of aryl methyl sites for hydroxylation is 1. The van der Waals surface area contributed by atoms with E-state index in [0.29, 0.717) is 29.4 Å². The van der Waals surface area contributed by atoms with E-state index in [2.05, 4.69) is 5.32 Å². The van der Waals surface area contributed by atoms with Crippen molar-refractivity contribution in [3.05, 3.63) is 95.1 Å². The van der Waals surface area contributed by atoms with Gasteiger partial charge >= 0.3 is 5.97 Å². The first kappa shape index (κ1) is 22.6. The van der Waals surface area contributed by atoms with Gasteiger partial charge in [0.15, 0.2) is 11.5 Å². The predicted molar refractivity (Wildman–Crippen MR) is 124 cm³/mol. The first-order chi connectivity index (χ1) is 15.5. The molecule has 3 aromatic carbocycles. The van der Waals surface area contributed by atoms with Crippen LogP contribution in [-0.4, -0.2) is 26.1 Å². The number of rotatable bonds is 8. The molecular weight excluding hydrogens is 406 g/mol. The summed E-state index contributed by atoms with van der Waals surface area (Å²) in [5.74, 6) is 0.406. The lowest BCUT2D eigenvalue weighted by Crippen LogP contribution is -2.09. The molecule has 0 unspecified atom stereocenters. The zero-order valence-corrected chi connectivity index (χ0v) is 18.3. The molecule has 0 saturated carbocycles. The van der Waals surface area contributed by atoms with Gasteiger partial charge in [-0.25, -0.2) is 4.79 Å². The van der Waals surface area contributed by atoms with Crippen molar-refractivity contribution in [2.24, 2.45) is 0 Å². The van der Waals surface area contributed by atoms with Crippen LogP contribution in [0.25, 0.3) is 6.08 Å². The molecule has 3 aromatic rings. The van der Waals surface area contributed by atoms with Gasteiger partial charge in [0.1, 0.15) is 6.61 Å². The third-order valence-corrected chi connectivity index (χ3v) is 4.81. The lowest BCUT2D eigenvalue weighted by atomic mass is 10.1. The summed E-state index contributed by atoms with van der Waals surface area (Å²) in [6.07, 6.45) is 3.08. The fourth-order valence-electron chi connectivity index (χ4n) is 3.03. The lowest BCUT2D eigenvalue weighted by Gasteiger charge is -2.12. The Morgan fingerprint density at radius 3 is 2.50 bits per heavy atom. The van der Waals surface area contributed by atoms with Crippen molar-refractivity contribution in [1.82, 2.24) is 0 Å². The smallest absolute Gasteiger partial charge is 0.337 e.